The number of thiazole rings is 1. The monoisotopic (exact) mass is 267 g/mol. The highest BCUT2D eigenvalue weighted by Crippen LogP contribution is 2.14. The van der Waals surface area contributed by atoms with Gasteiger partial charge in [0.05, 0.1) is 17.1 Å². The molecule has 1 N–H and O–H groups in total. The molecule has 17 heavy (non-hydrogen) atoms. The number of nitrogens with zero attached hydrogens (tertiary/aromatic N) is 2. The molecule has 0 fully saturated rings. The number of carbonyl (C=O) groups excluding carboxylic acids is 1. The summed E-state index contributed by atoms with van der Waals surface area (Å²) < 4.78 is 0. The Morgan fingerprint density at radius 1 is 1.53 bits per heavy atom. The fourth-order valence-corrected chi connectivity index (χ4v) is 2.23. The minimum atomic E-state index is -0.217. The van der Waals surface area contributed by atoms with Gasteiger partial charge in [-0.2, -0.15) is 0 Å². The van der Waals surface area contributed by atoms with Gasteiger partial charge in [0, 0.05) is 23.5 Å². The second-order valence-corrected chi connectivity index (χ2v) is 5.13. The van der Waals surface area contributed by atoms with Crippen molar-refractivity contribution in [3.63, 3.8) is 0 Å². The molecule has 0 aliphatic heterocycles. The lowest BCUT2D eigenvalue weighted by atomic mass is 10.2. The van der Waals surface area contributed by atoms with Crippen molar-refractivity contribution < 1.29 is 4.79 Å². The summed E-state index contributed by atoms with van der Waals surface area (Å²) in [5.74, 6) is -0.217. The first-order valence-electron chi connectivity index (χ1n) is 4.96. The van der Waals surface area contributed by atoms with Gasteiger partial charge in [-0.05, 0) is 13.0 Å². The molecule has 0 aliphatic rings. The number of carbonyl (C=O) groups is 1. The standard InChI is InChI=1S/C11H10ClN3OS/c1-7-4-14-10(17-7)6-15-11(16)8-2-3-13-5-9(8)12/h2-5H,6H2,1H3,(H,15,16). The summed E-state index contributed by atoms with van der Waals surface area (Å²) in [6.07, 6.45) is 4.77. The molecule has 2 aromatic heterocycles. The molecule has 0 unspecified atom stereocenters. The smallest absolute Gasteiger partial charge is 0.253 e. The molecule has 2 heterocycles. The summed E-state index contributed by atoms with van der Waals surface area (Å²) >= 11 is 7.43. The Morgan fingerprint density at radius 3 is 3.00 bits per heavy atom. The first-order chi connectivity index (χ1) is 8.16. The number of pyridine rings is 1. The molecule has 0 aromatic carbocycles. The highest BCUT2D eigenvalue weighted by molar-refractivity contribution is 7.11. The zero-order valence-corrected chi connectivity index (χ0v) is 10.7. The minimum absolute atomic E-state index is 0.217. The van der Waals surface area contributed by atoms with E-state index in [1.165, 1.54) is 12.4 Å². The molecular weight excluding hydrogens is 258 g/mol. The molecule has 0 atom stereocenters. The Morgan fingerprint density at radius 2 is 2.35 bits per heavy atom. The van der Waals surface area contributed by atoms with E-state index in [-0.39, 0.29) is 5.91 Å². The maximum absolute atomic E-state index is 11.8. The Bertz CT molecular complexity index is 541. The SMILES string of the molecule is Cc1cnc(CNC(=O)c2ccncc2Cl)s1. The molecular formula is C11H10ClN3OS. The third-order valence-electron chi connectivity index (χ3n) is 2.09. The highest BCUT2D eigenvalue weighted by Gasteiger charge is 2.10. The predicted octanol–water partition coefficient (Wildman–Crippen LogP) is 2.43. The van der Waals surface area contributed by atoms with Crippen LogP contribution in [0.3, 0.4) is 0 Å². The Balaban J connectivity index is 2.01. The van der Waals surface area contributed by atoms with E-state index in [1.807, 2.05) is 6.92 Å². The van der Waals surface area contributed by atoms with E-state index in [9.17, 15) is 4.79 Å². The summed E-state index contributed by atoms with van der Waals surface area (Å²) in [6, 6.07) is 1.59. The number of halogens is 1. The summed E-state index contributed by atoms with van der Waals surface area (Å²) in [7, 11) is 0. The molecule has 4 nitrogen and oxygen atoms in total. The Kier molecular flexibility index (Phi) is 3.71. The van der Waals surface area contributed by atoms with E-state index in [0.717, 1.165) is 9.88 Å². The molecule has 0 spiro atoms. The molecule has 1 amide bonds. The van der Waals surface area contributed by atoms with Gasteiger partial charge in [0.2, 0.25) is 0 Å². The molecule has 0 radical (unpaired) electrons. The van der Waals surface area contributed by atoms with E-state index in [0.29, 0.717) is 17.1 Å². The van der Waals surface area contributed by atoms with Crippen LogP contribution in [0, 0.1) is 6.92 Å². The average molecular weight is 268 g/mol. The first-order valence-corrected chi connectivity index (χ1v) is 6.15. The molecule has 0 bridgehead atoms. The largest absolute Gasteiger partial charge is 0.345 e. The van der Waals surface area contributed by atoms with Gasteiger partial charge in [0.1, 0.15) is 5.01 Å². The number of amides is 1. The zero-order valence-electron chi connectivity index (χ0n) is 9.11. The van der Waals surface area contributed by atoms with Gasteiger partial charge in [-0.25, -0.2) is 4.98 Å². The van der Waals surface area contributed by atoms with Gasteiger partial charge in [-0.15, -0.1) is 11.3 Å². The lowest BCUT2D eigenvalue weighted by Gasteiger charge is -2.04. The minimum Gasteiger partial charge on any atom is -0.345 e. The Hall–Kier alpha value is -1.46. The molecule has 0 saturated carbocycles. The van der Waals surface area contributed by atoms with Crippen molar-refractivity contribution in [3.8, 4) is 0 Å². The van der Waals surface area contributed by atoms with E-state index < -0.39 is 0 Å². The molecule has 2 rings (SSSR count). The van der Waals surface area contributed by atoms with Crippen molar-refractivity contribution in [2.45, 2.75) is 13.5 Å². The second-order valence-electron chi connectivity index (χ2n) is 3.40. The molecule has 0 aliphatic carbocycles. The van der Waals surface area contributed by atoms with Gasteiger partial charge in [-0.1, -0.05) is 11.6 Å². The molecule has 0 saturated heterocycles. The van der Waals surface area contributed by atoms with Crippen LogP contribution >= 0.6 is 22.9 Å². The van der Waals surface area contributed by atoms with Crippen molar-refractivity contribution in [2.24, 2.45) is 0 Å². The number of rotatable bonds is 3. The van der Waals surface area contributed by atoms with Crippen molar-refractivity contribution in [2.75, 3.05) is 0 Å². The van der Waals surface area contributed by atoms with Crippen LogP contribution in [0.4, 0.5) is 0 Å². The van der Waals surface area contributed by atoms with Crippen molar-refractivity contribution in [3.05, 3.63) is 45.1 Å². The Labute approximate surface area is 108 Å². The van der Waals surface area contributed by atoms with Gasteiger partial charge in [0.15, 0.2) is 0 Å². The van der Waals surface area contributed by atoms with E-state index in [1.54, 1.807) is 23.6 Å². The van der Waals surface area contributed by atoms with Crippen molar-refractivity contribution in [1.82, 2.24) is 15.3 Å². The van der Waals surface area contributed by atoms with Crippen LogP contribution in [0.1, 0.15) is 20.2 Å². The molecule has 2 aromatic rings. The lowest BCUT2D eigenvalue weighted by molar-refractivity contribution is 0.0951. The summed E-state index contributed by atoms with van der Waals surface area (Å²) in [4.78, 5) is 20.9. The van der Waals surface area contributed by atoms with Gasteiger partial charge < -0.3 is 5.32 Å². The van der Waals surface area contributed by atoms with E-state index >= 15 is 0 Å². The van der Waals surface area contributed by atoms with Crippen LogP contribution < -0.4 is 5.32 Å². The van der Waals surface area contributed by atoms with E-state index in [4.69, 9.17) is 11.6 Å². The average Bonchev–Trinajstić information content (AvgIpc) is 2.73. The number of aromatic nitrogens is 2. The lowest BCUT2D eigenvalue weighted by Crippen LogP contribution is -2.23. The third kappa shape index (κ3) is 3.01. The van der Waals surface area contributed by atoms with Crippen molar-refractivity contribution in [1.29, 1.82) is 0 Å². The molecule has 88 valence electrons. The van der Waals surface area contributed by atoms with Gasteiger partial charge in [0.25, 0.3) is 5.91 Å². The summed E-state index contributed by atoms with van der Waals surface area (Å²) in [6.45, 7) is 2.39. The fraction of sp³-hybridized carbons (Fsp3) is 0.182. The van der Waals surface area contributed by atoms with Gasteiger partial charge >= 0.3 is 0 Å². The number of hydrogen-bond donors (Lipinski definition) is 1. The maximum atomic E-state index is 11.8. The fourth-order valence-electron chi connectivity index (χ4n) is 1.29. The molecule has 6 heteroatoms. The summed E-state index contributed by atoms with van der Waals surface area (Å²) in [5.41, 5.74) is 0.426. The second kappa shape index (κ2) is 5.25. The van der Waals surface area contributed by atoms with E-state index in [2.05, 4.69) is 15.3 Å². The van der Waals surface area contributed by atoms with Crippen LogP contribution in [0.15, 0.2) is 24.7 Å². The van der Waals surface area contributed by atoms with Crippen LogP contribution in [0.5, 0.6) is 0 Å². The quantitative estimate of drug-likeness (QED) is 0.929. The van der Waals surface area contributed by atoms with Crippen LogP contribution in [0.25, 0.3) is 0 Å². The first kappa shape index (κ1) is 12.0. The summed E-state index contributed by atoms with van der Waals surface area (Å²) in [5, 5.41) is 3.99. The number of aryl methyl sites for hydroxylation is 1. The topological polar surface area (TPSA) is 54.9 Å². The van der Waals surface area contributed by atoms with Gasteiger partial charge in [-0.3, -0.25) is 9.78 Å². The number of nitrogens with one attached hydrogen (secondary N) is 1. The number of hydrogen-bond acceptors (Lipinski definition) is 4. The zero-order chi connectivity index (χ0) is 12.3. The van der Waals surface area contributed by atoms with Crippen molar-refractivity contribution >= 4 is 28.8 Å². The normalized spacial score (nSPS) is 10.2. The highest BCUT2D eigenvalue weighted by atomic mass is 35.5. The predicted molar refractivity (Wildman–Crippen MR) is 67.3 cm³/mol. The van der Waals surface area contributed by atoms with Crippen LogP contribution in [-0.4, -0.2) is 15.9 Å². The third-order valence-corrected chi connectivity index (χ3v) is 3.30. The van der Waals surface area contributed by atoms with Crippen LogP contribution in [0.2, 0.25) is 5.02 Å². The maximum Gasteiger partial charge on any atom is 0.253 e. The van der Waals surface area contributed by atoms with Crippen LogP contribution in [-0.2, 0) is 6.54 Å².